The number of halogens is 1. The molecule has 3 rings (SSSR count). The molecule has 0 atom stereocenters. The predicted octanol–water partition coefficient (Wildman–Crippen LogP) is 1.07. The Hall–Kier alpha value is -1.51. The molecule has 2 heterocycles. The predicted molar refractivity (Wildman–Crippen MR) is 107 cm³/mol. The van der Waals surface area contributed by atoms with E-state index in [1.807, 2.05) is 24.3 Å². The van der Waals surface area contributed by atoms with Gasteiger partial charge >= 0.3 is 0 Å². The summed E-state index contributed by atoms with van der Waals surface area (Å²) < 4.78 is 25.3. The highest BCUT2D eigenvalue weighted by Gasteiger charge is 2.28. The molecule has 2 aliphatic rings. The summed E-state index contributed by atoms with van der Waals surface area (Å²) in [6, 6.07) is 7.90. The van der Waals surface area contributed by atoms with Gasteiger partial charge in [-0.2, -0.15) is 0 Å². The van der Waals surface area contributed by atoms with Gasteiger partial charge in [0.2, 0.25) is 10.0 Å². The molecule has 1 aromatic rings. The highest BCUT2D eigenvalue weighted by Crippen LogP contribution is 2.26. The Morgan fingerprint density at radius 1 is 1.19 bits per heavy atom. The van der Waals surface area contributed by atoms with E-state index in [-0.39, 0.29) is 5.75 Å². The molecule has 144 valence electrons. The van der Waals surface area contributed by atoms with Gasteiger partial charge in [-0.25, -0.2) is 12.7 Å². The third-order valence-electron chi connectivity index (χ3n) is 4.83. The smallest absolute Gasteiger partial charge is 0.214 e. The van der Waals surface area contributed by atoms with E-state index in [4.69, 9.17) is 11.6 Å². The first-order valence-electron chi connectivity index (χ1n) is 8.94. The molecule has 0 saturated carbocycles. The van der Waals surface area contributed by atoms with E-state index < -0.39 is 10.0 Å². The fraction of sp³-hybridized carbons (Fsp3) is 0.588. The molecule has 1 N–H and O–H groups in total. The molecular weight excluding hydrogens is 374 g/mol. The SMILES string of the molecule is CN=C(NCCN1CCCS1(=O)=O)N1CCN(c2ccccc2Cl)CC1. The van der Waals surface area contributed by atoms with Crippen LogP contribution in [0.4, 0.5) is 5.69 Å². The van der Waals surface area contributed by atoms with Crippen molar-refractivity contribution in [1.82, 2.24) is 14.5 Å². The molecule has 2 fully saturated rings. The lowest BCUT2D eigenvalue weighted by molar-refractivity contribution is 0.369. The van der Waals surface area contributed by atoms with Crippen molar-refractivity contribution in [2.45, 2.75) is 6.42 Å². The van der Waals surface area contributed by atoms with Crippen molar-refractivity contribution in [3.8, 4) is 0 Å². The summed E-state index contributed by atoms with van der Waals surface area (Å²) >= 11 is 6.29. The summed E-state index contributed by atoms with van der Waals surface area (Å²) in [6.07, 6.45) is 0.723. The Labute approximate surface area is 160 Å². The maximum atomic E-state index is 11.8. The number of aliphatic imine (C=N–C) groups is 1. The Morgan fingerprint density at radius 2 is 1.92 bits per heavy atom. The van der Waals surface area contributed by atoms with Gasteiger partial charge in [-0.15, -0.1) is 0 Å². The van der Waals surface area contributed by atoms with Crippen LogP contribution in [0.2, 0.25) is 5.02 Å². The Morgan fingerprint density at radius 3 is 2.54 bits per heavy atom. The second-order valence-electron chi connectivity index (χ2n) is 6.47. The second kappa shape index (κ2) is 8.45. The minimum Gasteiger partial charge on any atom is -0.367 e. The van der Waals surface area contributed by atoms with Crippen LogP contribution in [0.15, 0.2) is 29.3 Å². The zero-order valence-corrected chi connectivity index (χ0v) is 16.6. The van der Waals surface area contributed by atoms with Gasteiger partial charge in [0.15, 0.2) is 5.96 Å². The molecule has 9 heteroatoms. The van der Waals surface area contributed by atoms with Crippen LogP contribution in [-0.2, 0) is 10.0 Å². The molecule has 2 saturated heterocycles. The summed E-state index contributed by atoms with van der Waals surface area (Å²) in [5.41, 5.74) is 1.07. The van der Waals surface area contributed by atoms with Gasteiger partial charge in [0, 0.05) is 52.9 Å². The molecule has 0 bridgehead atoms. The van der Waals surface area contributed by atoms with Gasteiger partial charge < -0.3 is 15.1 Å². The van der Waals surface area contributed by atoms with Gasteiger partial charge in [0.05, 0.1) is 16.5 Å². The number of benzene rings is 1. The molecule has 0 spiro atoms. The Bertz CT molecular complexity index is 747. The molecule has 0 radical (unpaired) electrons. The third kappa shape index (κ3) is 4.42. The molecule has 0 aromatic heterocycles. The number of guanidine groups is 1. The number of anilines is 1. The molecule has 0 unspecified atom stereocenters. The first-order chi connectivity index (χ1) is 12.5. The number of rotatable bonds is 4. The third-order valence-corrected chi connectivity index (χ3v) is 7.11. The van der Waals surface area contributed by atoms with Crippen LogP contribution in [-0.4, -0.2) is 82.2 Å². The van der Waals surface area contributed by atoms with Crippen LogP contribution in [0.25, 0.3) is 0 Å². The van der Waals surface area contributed by atoms with E-state index >= 15 is 0 Å². The Kier molecular flexibility index (Phi) is 6.26. The molecule has 0 aliphatic carbocycles. The summed E-state index contributed by atoms with van der Waals surface area (Å²) in [5.74, 6) is 1.09. The maximum absolute atomic E-state index is 11.8. The average Bonchev–Trinajstić information content (AvgIpc) is 2.98. The lowest BCUT2D eigenvalue weighted by Gasteiger charge is -2.38. The highest BCUT2D eigenvalue weighted by molar-refractivity contribution is 7.89. The zero-order valence-electron chi connectivity index (χ0n) is 15.1. The standard InChI is InChI=1S/C17H26ClN5O2S/c1-19-17(20-7-9-23-8-4-14-26(23,24)25)22-12-10-21(11-13-22)16-6-3-2-5-15(16)18/h2-3,5-6H,4,7-14H2,1H3,(H,19,20). The number of nitrogens with one attached hydrogen (secondary N) is 1. The molecular formula is C17H26ClN5O2S. The number of hydrogen-bond donors (Lipinski definition) is 1. The van der Waals surface area contributed by atoms with E-state index in [0.29, 0.717) is 19.6 Å². The number of piperazine rings is 1. The summed E-state index contributed by atoms with van der Waals surface area (Å²) in [5, 5.41) is 4.07. The molecule has 1 aromatic carbocycles. The minimum atomic E-state index is -3.04. The van der Waals surface area contributed by atoms with Crippen LogP contribution in [0.1, 0.15) is 6.42 Å². The van der Waals surface area contributed by atoms with Crippen molar-refractivity contribution in [2.75, 3.05) is 63.5 Å². The van der Waals surface area contributed by atoms with Crippen LogP contribution < -0.4 is 10.2 Å². The van der Waals surface area contributed by atoms with E-state index in [2.05, 4.69) is 20.1 Å². The highest BCUT2D eigenvalue weighted by atomic mass is 35.5. The van der Waals surface area contributed by atoms with Gasteiger partial charge in [-0.05, 0) is 18.6 Å². The van der Waals surface area contributed by atoms with E-state index in [1.54, 1.807) is 11.4 Å². The van der Waals surface area contributed by atoms with Crippen molar-refractivity contribution in [3.63, 3.8) is 0 Å². The lowest BCUT2D eigenvalue weighted by Crippen LogP contribution is -2.53. The number of nitrogens with zero attached hydrogens (tertiary/aromatic N) is 4. The van der Waals surface area contributed by atoms with Crippen LogP contribution >= 0.6 is 11.6 Å². The number of para-hydroxylation sites is 1. The second-order valence-corrected chi connectivity index (χ2v) is 8.96. The van der Waals surface area contributed by atoms with Crippen molar-refractivity contribution in [3.05, 3.63) is 29.3 Å². The van der Waals surface area contributed by atoms with Crippen molar-refractivity contribution in [1.29, 1.82) is 0 Å². The van der Waals surface area contributed by atoms with Gasteiger partial charge in [-0.1, -0.05) is 23.7 Å². The van der Waals surface area contributed by atoms with Gasteiger partial charge in [0.25, 0.3) is 0 Å². The average molecular weight is 400 g/mol. The van der Waals surface area contributed by atoms with Crippen LogP contribution in [0.5, 0.6) is 0 Å². The molecule has 2 aliphatic heterocycles. The normalized spacial score (nSPS) is 21.2. The maximum Gasteiger partial charge on any atom is 0.214 e. The Balaban J connectivity index is 1.49. The first kappa shape index (κ1) is 19.3. The number of hydrogen-bond acceptors (Lipinski definition) is 4. The van der Waals surface area contributed by atoms with Gasteiger partial charge in [-0.3, -0.25) is 4.99 Å². The monoisotopic (exact) mass is 399 g/mol. The zero-order chi connectivity index (χ0) is 18.6. The van der Waals surface area contributed by atoms with Crippen LogP contribution in [0.3, 0.4) is 0 Å². The largest absolute Gasteiger partial charge is 0.367 e. The minimum absolute atomic E-state index is 0.270. The molecule has 7 nitrogen and oxygen atoms in total. The lowest BCUT2D eigenvalue weighted by atomic mass is 10.2. The van der Waals surface area contributed by atoms with E-state index in [0.717, 1.165) is 49.3 Å². The first-order valence-corrected chi connectivity index (χ1v) is 10.9. The molecule has 26 heavy (non-hydrogen) atoms. The van der Waals surface area contributed by atoms with Crippen molar-refractivity contribution < 1.29 is 8.42 Å². The van der Waals surface area contributed by atoms with Crippen molar-refractivity contribution in [2.24, 2.45) is 4.99 Å². The quantitative estimate of drug-likeness (QED) is 0.606. The summed E-state index contributed by atoms with van der Waals surface area (Å²) in [6.45, 7) is 5.09. The molecule has 0 amide bonds. The fourth-order valence-electron chi connectivity index (χ4n) is 3.43. The summed E-state index contributed by atoms with van der Waals surface area (Å²) in [4.78, 5) is 8.83. The van der Waals surface area contributed by atoms with Crippen molar-refractivity contribution >= 4 is 33.3 Å². The van der Waals surface area contributed by atoms with Gasteiger partial charge in [0.1, 0.15) is 0 Å². The summed E-state index contributed by atoms with van der Waals surface area (Å²) in [7, 11) is -1.28. The van der Waals surface area contributed by atoms with E-state index in [9.17, 15) is 8.42 Å². The topological polar surface area (TPSA) is 68.2 Å². The van der Waals surface area contributed by atoms with E-state index in [1.165, 1.54) is 0 Å². The fourth-order valence-corrected chi connectivity index (χ4v) is 5.22. The number of sulfonamides is 1. The van der Waals surface area contributed by atoms with Crippen LogP contribution in [0, 0.1) is 0 Å².